The maximum absolute atomic E-state index is 12.6. The smallest absolute Gasteiger partial charge is 0.312 e. The first-order valence-electron chi connectivity index (χ1n) is 8.80. The number of thioether (sulfide) groups is 1. The van der Waals surface area contributed by atoms with E-state index in [4.69, 9.17) is 5.73 Å². The number of rotatable bonds is 8. The minimum atomic E-state index is -3.51. The predicted octanol–water partition coefficient (Wildman–Crippen LogP) is 1.59. The van der Waals surface area contributed by atoms with Gasteiger partial charge in [-0.15, -0.1) is 0 Å². The number of hydrogen-bond donors (Lipinski definition) is 3. The fourth-order valence-corrected chi connectivity index (χ4v) is 4.86. The fourth-order valence-electron chi connectivity index (χ4n) is 2.87. The van der Waals surface area contributed by atoms with Crippen LogP contribution in [0.2, 0.25) is 0 Å². The lowest BCUT2D eigenvalue weighted by molar-refractivity contribution is -0.117. The second-order valence-electron chi connectivity index (χ2n) is 6.32. The molecule has 1 aromatic carbocycles. The van der Waals surface area contributed by atoms with E-state index < -0.39 is 28.0 Å². The highest BCUT2D eigenvalue weighted by atomic mass is 32.2. The lowest BCUT2D eigenvalue weighted by Gasteiger charge is -2.26. The molecule has 0 saturated carbocycles. The van der Waals surface area contributed by atoms with E-state index in [1.807, 2.05) is 6.26 Å². The molecule has 1 atom stereocenters. The van der Waals surface area contributed by atoms with Crippen molar-refractivity contribution in [3.05, 3.63) is 24.3 Å². The van der Waals surface area contributed by atoms with Crippen LogP contribution in [0, 0.1) is 0 Å². The van der Waals surface area contributed by atoms with Crippen molar-refractivity contribution in [2.24, 2.45) is 5.73 Å². The van der Waals surface area contributed by atoms with Crippen LogP contribution >= 0.6 is 11.8 Å². The van der Waals surface area contributed by atoms with Gasteiger partial charge in [-0.2, -0.15) is 16.1 Å². The fraction of sp³-hybridized carbons (Fsp3) is 0.529. The van der Waals surface area contributed by atoms with Crippen molar-refractivity contribution in [3.8, 4) is 0 Å². The number of benzene rings is 1. The summed E-state index contributed by atoms with van der Waals surface area (Å²) in [5, 5.41) is 5.11. The number of urea groups is 1. The zero-order valence-corrected chi connectivity index (χ0v) is 16.9. The molecule has 0 aromatic heterocycles. The third kappa shape index (κ3) is 6.12. The van der Waals surface area contributed by atoms with Gasteiger partial charge in [0.15, 0.2) is 0 Å². The molecule has 1 aliphatic rings. The highest BCUT2D eigenvalue weighted by molar-refractivity contribution is 7.98. The molecule has 0 bridgehead atoms. The molecule has 0 spiro atoms. The van der Waals surface area contributed by atoms with Gasteiger partial charge in [0.2, 0.25) is 15.9 Å². The minimum Gasteiger partial charge on any atom is -0.352 e. The lowest BCUT2D eigenvalue weighted by atomic mass is 10.2. The zero-order valence-electron chi connectivity index (χ0n) is 15.3. The van der Waals surface area contributed by atoms with Gasteiger partial charge in [0.05, 0.1) is 4.90 Å². The van der Waals surface area contributed by atoms with Gasteiger partial charge in [0.1, 0.15) is 6.04 Å². The van der Waals surface area contributed by atoms with E-state index in [-0.39, 0.29) is 4.90 Å². The number of primary amides is 1. The van der Waals surface area contributed by atoms with E-state index in [2.05, 4.69) is 10.6 Å². The summed E-state index contributed by atoms with van der Waals surface area (Å²) < 4.78 is 26.8. The molecule has 0 radical (unpaired) electrons. The maximum Gasteiger partial charge on any atom is 0.312 e. The number of piperidine rings is 1. The van der Waals surface area contributed by atoms with Gasteiger partial charge < -0.3 is 16.4 Å². The summed E-state index contributed by atoms with van der Waals surface area (Å²) in [4.78, 5) is 23.7. The van der Waals surface area contributed by atoms with E-state index in [0.29, 0.717) is 31.0 Å². The van der Waals surface area contributed by atoms with E-state index in [9.17, 15) is 18.0 Å². The van der Waals surface area contributed by atoms with E-state index >= 15 is 0 Å². The summed E-state index contributed by atoms with van der Waals surface area (Å²) in [6.45, 7) is 1.08. The number of carbonyl (C=O) groups excluding carboxylic acids is 2. The highest BCUT2D eigenvalue weighted by Crippen LogP contribution is 2.22. The van der Waals surface area contributed by atoms with Crippen molar-refractivity contribution in [1.82, 2.24) is 9.62 Å². The summed E-state index contributed by atoms with van der Waals surface area (Å²) in [6.07, 6.45) is 5.14. The molecule has 1 saturated heterocycles. The topological polar surface area (TPSA) is 122 Å². The first-order chi connectivity index (χ1) is 12.8. The standard InChI is InChI=1S/C17H26N4O4S2/c1-26-12-9-15(20-17(18)23)16(22)19-13-5-7-14(8-6-13)27(24,25)21-10-3-2-4-11-21/h5-8,15H,2-4,9-12H2,1H3,(H,19,22)(H3,18,20,23)/t15-/m0/s1. The van der Waals surface area contributed by atoms with E-state index in [0.717, 1.165) is 19.3 Å². The van der Waals surface area contributed by atoms with Crippen LogP contribution in [0.15, 0.2) is 29.2 Å². The normalized spacial score (nSPS) is 16.5. The molecule has 8 nitrogen and oxygen atoms in total. The van der Waals surface area contributed by atoms with Gasteiger partial charge in [0.25, 0.3) is 0 Å². The van der Waals surface area contributed by atoms with Crippen molar-refractivity contribution in [2.75, 3.05) is 30.4 Å². The number of nitrogens with one attached hydrogen (secondary N) is 2. The summed E-state index contributed by atoms with van der Waals surface area (Å²) >= 11 is 1.56. The van der Waals surface area contributed by atoms with E-state index in [1.54, 1.807) is 23.9 Å². The Morgan fingerprint density at radius 1 is 1.19 bits per heavy atom. The quantitative estimate of drug-likeness (QED) is 0.596. The number of nitrogens with two attached hydrogens (primary N) is 1. The third-order valence-electron chi connectivity index (χ3n) is 4.32. The molecule has 1 heterocycles. The van der Waals surface area contributed by atoms with Crippen LogP contribution in [0.1, 0.15) is 25.7 Å². The Morgan fingerprint density at radius 3 is 2.37 bits per heavy atom. The van der Waals surface area contributed by atoms with Crippen LogP contribution in [-0.4, -0.2) is 55.8 Å². The Hall–Kier alpha value is -1.78. The molecule has 2 rings (SSSR count). The van der Waals surface area contributed by atoms with Gasteiger partial charge in [-0.05, 0) is 55.5 Å². The van der Waals surface area contributed by atoms with Crippen molar-refractivity contribution in [3.63, 3.8) is 0 Å². The van der Waals surface area contributed by atoms with Gasteiger partial charge in [0, 0.05) is 18.8 Å². The first kappa shape index (κ1) is 21.5. The Bertz CT molecular complexity index is 747. The van der Waals surface area contributed by atoms with Crippen LogP contribution in [0.25, 0.3) is 0 Å². The number of nitrogens with zero attached hydrogens (tertiary/aromatic N) is 1. The first-order valence-corrected chi connectivity index (χ1v) is 11.6. The molecule has 10 heteroatoms. The van der Waals surface area contributed by atoms with Crippen LogP contribution in [0.4, 0.5) is 10.5 Å². The molecule has 1 fully saturated rings. The van der Waals surface area contributed by atoms with Crippen LogP contribution in [-0.2, 0) is 14.8 Å². The van der Waals surface area contributed by atoms with Crippen molar-refractivity contribution in [1.29, 1.82) is 0 Å². The van der Waals surface area contributed by atoms with Crippen LogP contribution < -0.4 is 16.4 Å². The zero-order chi connectivity index (χ0) is 19.9. The second kappa shape index (κ2) is 9.95. The summed E-state index contributed by atoms with van der Waals surface area (Å²) in [6, 6.07) is 4.55. The molecular formula is C17H26N4O4S2. The van der Waals surface area contributed by atoms with Gasteiger partial charge in [-0.1, -0.05) is 6.42 Å². The molecule has 27 heavy (non-hydrogen) atoms. The Morgan fingerprint density at radius 2 is 1.81 bits per heavy atom. The van der Waals surface area contributed by atoms with Crippen LogP contribution in [0.3, 0.4) is 0 Å². The predicted molar refractivity (Wildman–Crippen MR) is 107 cm³/mol. The summed E-state index contributed by atoms with van der Waals surface area (Å²) in [7, 11) is -3.51. The number of amides is 3. The maximum atomic E-state index is 12.6. The van der Waals surface area contributed by atoms with Gasteiger partial charge in [-0.25, -0.2) is 13.2 Å². The van der Waals surface area contributed by atoms with Crippen molar-refractivity contribution >= 4 is 39.4 Å². The number of carbonyl (C=O) groups is 2. The van der Waals surface area contributed by atoms with E-state index in [1.165, 1.54) is 16.4 Å². The molecule has 150 valence electrons. The van der Waals surface area contributed by atoms with Crippen LogP contribution in [0.5, 0.6) is 0 Å². The molecule has 1 aromatic rings. The second-order valence-corrected chi connectivity index (χ2v) is 9.24. The SMILES string of the molecule is CSCC[C@H](NC(N)=O)C(=O)Nc1ccc(S(=O)(=O)N2CCCCC2)cc1. The molecule has 4 N–H and O–H groups in total. The van der Waals surface area contributed by atoms with Gasteiger partial charge in [-0.3, -0.25) is 4.79 Å². The summed E-state index contributed by atoms with van der Waals surface area (Å²) in [5.41, 5.74) is 5.58. The Balaban J connectivity index is 2.05. The average Bonchev–Trinajstić information content (AvgIpc) is 2.66. The molecular weight excluding hydrogens is 388 g/mol. The molecule has 3 amide bonds. The Labute approximate surface area is 164 Å². The van der Waals surface area contributed by atoms with Crippen molar-refractivity contribution < 1.29 is 18.0 Å². The highest BCUT2D eigenvalue weighted by Gasteiger charge is 2.26. The number of hydrogen-bond acceptors (Lipinski definition) is 5. The summed E-state index contributed by atoms with van der Waals surface area (Å²) in [5.74, 6) is 0.292. The monoisotopic (exact) mass is 414 g/mol. The minimum absolute atomic E-state index is 0.205. The molecule has 0 unspecified atom stereocenters. The molecule has 1 aliphatic heterocycles. The average molecular weight is 415 g/mol. The lowest BCUT2D eigenvalue weighted by Crippen LogP contribution is -2.46. The number of sulfonamides is 1. The Kier molecular flexibility index (Phi) is 7.93. The molecule has 0 aliphatic carbocycles. The van der Waals surface area contributed by atoms with Gasteiger partial charge >= 0.3 is 6.03 Å². The number of anilines is 1. The third-order valence-corrected chi connectivity index (χ3v) is 6.88. The largest absolute Gasteiger partial charge is 0.352 e. The van der Waals surface area contributed by atoms with Crippen molar-refractivity contribution in [2.45, 2.75) is 36.6 Å².